The maximum atomic E-state index is 13.3. The first-order valence-corrected chi connectivity index (χ1v) is 4.07. The van der Waals surface area contributed by atoms with Gasteiger partial charge < -0.3 is 5.11 Å². The Morgan fingerprint density at radius 2 is 2.20 bits per heavy atom. The zero-order chi connectivity index (χ0) is 11.6. The molecule has 1 aromatic heterocycles. The second-order valence-electron chi connectivity index (χ2n) is 2.99. The van der Waals surface area contributed by atoms with Crippen LogP contribution in [-0.2, 0) is 11.2 Å². The van der Waals surface area contributed by atoms with E-state index in [0.29, 0.717) is 0 Å². The number of hydrogen-bond acceptors (Lipinski definition) is 2. The van der Waals surface area contributed by atoms with Crippen molar-refractivity contribution in [3.63, 3.8) is 0 Å². The molecular formula is C9H8F3NO2. The summed E-state index contributed by atoms with van der Waals surface area (Å²) >= 11 is 0. The highest BCUT2D eigenvalue weighted by Crippen LogP contribution is 2.24. The van der Waals surface area contributed by atoms with E-state index in [-0.39, 0.29) is 11.1 Å². The molecule has 0 fully saturated rings. The smallest absolute Gasteiger partial charge is 0.307 e. The number of nitrogens with zero attached hydrogens (tertiary/aromatic N) is 1. The molecule has 0 saturated heterocycles. The highest BCUT2D eigenvalue weighted by Gasteiger charge is 2.20. The van der Waals surface area contributed by atoms with Gasteiger partial charge in [0.05, 0.1) is 6.42 Å². The van der Waals surface area contributed by atoms with Crippen LogP contribution in [0.4, 0.5) is 13.2 Å². The number of hydrogen-bond donors (Lipinski definition) is 1. The first kappa shape index (κ1) is 11.5. The van der Waals surface area contributed by atoms with E-state index in [1.165, 1.54) is 6.92 Å². The number of rotatable bonds is 3. The van der Waals surface area contributed by atoms with Gasteiger partial charge in [0.15, 0.2) is 5.82 Å². The molecule has 1 heterocycles. The van der Waals surface area contributed by atoms with Crippen molar-refractivity contribution >= 4 is 5.97 Å². The molecule has 1 aromatic rings. The third kappa shape index (κ3) is 2.45. The molecule has 0 saturated carbocycles. The maximum Gasteiger partial charge on any atom is 0.307 e. The van der Waals surface area contributed by atoms with Crippen LogP contribution in [0, 0.1) is 12.7 Å². The van der Waals surface area contributed by atoms with Gasteiger partial charge in [0.2, 0.25) is 0 Å². The van der Waals surface area contributed by atoms with E-state index in [0.717, 1.165) is 6.20 Å². The van der Waals surface area contributed by atoms with E-state index >= 15 is 0 Å². The number of aliphatic carboxylic acids is 1. The SMILES string of the molecule is Cc1cnc(C(F)F)c(F)c1CC(=O)O. The van der Waals surface area contributed by atoms with Crippen LogP contribution < -0.4 is 0 Å². The highest BCUT2D eigenvalue weighted by molar-refractivity contribution is 5.70. The Kier molecular flexibility index (Phi) is 3.28. The topological polar surface area (TPSA) is 50.2 Å². The first-order valence-electron chi connectivity index (χ1n) is 4.07. The molecule has 1 rings (SSSR count). The van der Waals surface area contributed by atoms with Crippen LogP contribution in [0.25, 0.3) is 0 Å². The van der Waals surface area contributed by atoms with Crippen molar-refractivity contribution in [2.75, 3.05) is 0 Å². The Morgan fingerprint density at radius 3 is 2.67 bits per heavy atom. The van der Waals surface area contributed by atoms with E-state index in [1.807, 2.05) is 0 Å². The summed E-state index contributed by atoms with van der Waals surface area (Å²) in [5, 5.41) is 8.47. The van der Waals surface area contributed by atoms with Crippen molar-refractivity contribution in [3.8, 4) is 0 Å². The van der Waals surface area contributed by atoms with Crippen LogP contribution in [0.15, 0.2) is 6.20 Å². The van der Waals surface area contributed by atoms with Gasteiger partial charge in [-0.15, -0.1) is 0 Å². The van der Waals surface area contributed by atoms with Gasteiger partial charge in [-0.05, 0) is 12.5 Å². The van der Waals surface area contributed by atoms with E-state index in [1.54, 1.807) is 0 Å². The largest absolute Gasteiger partial charge is 0.481 e. The van der Waals surface area contributed by atoms with Gasteiger partial charge in [-0.2, -0.15) is 0 Å². The average Bonchev–Trinajstić information content (AvgIpc) is 2.11. The number of carboxylic acid groups (broad SMARTS) is 1. The minimum absolute atomic E-state index is 0.243. The van der Waals surface area contributed by atoms with Crippen LogP contribution >= 0.6 is 0 Å². The molecule has 0 spiro atoms. The van der Waals surface area contributed by atoms with Crippen molar-refractivity contribution in [3.05, 3.63) is 28.8 Å². The van der Waals surface area contributed by atoms with Crippen LogP contribution in [0.3, 0.4) is 0 Å². The fourth-order valence-corrected chi connectivity index (χ4v) is 1.15. The molecule has 0 aromatic carbocycles. The summed E-state index contributed by atoms with van der Waals surface area (Å²) < 4.78 is 37.8. The quantitative estimate of drug-likeness (QED) is 0.846. The summed E-state index contributed by atoms with van der Waals surface area (Å²) in [7, 11) is 0. The lowest BCUT2D eigenvalue weighted by molar-refractivity contribution is -0.136. The van der Waals surface area contributed by atoms with Gasteiger partial charge in [-0.25, -0.2) is 13.2 Å². The van der Waals surface area contributed by atoms with E-state index in [2.05, 4.69) is 4.98 Å². The second kappa shape index (κ2) is 4.29. The Morgan fingerprint density at radius 1 is 1.60 bits per heavy atom. The summed E-state index contributed by atoms with van der Waals surface area (Å²) in [4.78, 5) is 13.6. The fraction of sp³-hybridized carbons (Fsp3) is 0.333. The van der Waals surface area contributed by atoms with Crippen LogP contribution in [0.1, 0.15) is 23.2 Å². The third-order valence-corrected chi connectivity index (χ3v) is 1.90. The lowest BCUT2D eigenvalue weighted by Crippen LogP contribution is -2.08. The van der Waals surface area contributed by atoms with Crippen molar-refractivity contribution < 1.29 is 23.1 Å². The first-order chi connectivity index (χ1) is 6.93. The standard InChI is InChI=1S/C9H8F3NO2/c1-4-3-13-8(9(11)12)7(10)5(4)2-6(14)15/h3,9H,2H2,1H3,(H,14,15). The van der Waals surface area contributed by atoms with Gasteiger partial charge in [-0.1, -0.05) is 0 Å². The third-order valence-electron chi connectivity index (χ3n) is 1.90. The number of aromatic nitrogens is 1. The Hall–Kier alpha value is -1.59. The molecule has 0 radical (unpaired) electrons. The predicted octanol–water partition coefficient (Wildman–Crippen LogP) is 2.09. The minimum atomic E-state index is -3.04. The summed E-state index contributed by atoms with van der Waals surface area (Å²) in [5.41, 5.74) is -0.996. The zero-order valence-electron chi connectivity index (χ0n) is 7.80. The van der Waals surface area contributed by atoms with Gasteiger partial charge in [0, 0.05) is 11.8 Å². The lowest BCUT2D eigenvalue weighted by Gasteiger charge is -2.08. The molecule has 15 heavy (non-hydrogen) atoms. The van der Waals surface area contributed by atoms with Gasteiger partial charge in [0.1, 0.15) is 5.69 Å². The summed E-state index contributed by atoms with van der Waals surface area (Å²) in [6.07, 6.45) is -2.62. The van der Waals surface area contributed by atoms with E-state index in [9.17, 15) is 18.0 Å². The molecule has 1 N–H and O–H groups in total. The van der Waals surface area contributed by atoms with Gasteiger partial charge in [-0.3, -0.25) is 9.78 Å². The van der Waals surface area contributed by atoms with Crippen molar-refractivity contribution in [1.29, 1.82) is 0 Å². The van der Waals surface area contributed by atoms with Crippen LogP contribution in [0.2, 0.25) is 0 Å². The molecule has 0 bridgehead atoms. The second-order valence-corrected chi connectivity index (χ2v) is 2.99. The molecule has 0 aliphatic carbocycles. The highest BCUT2D eigenvalue weighted by atomic mass is 19.3. The Labute approximate surface area is 83.6 Å². The van der Waals surface area contributed by atoms with Gasteiger partial charge in [0.25, 0.3) is 6.43 Å². The zero-order valence-corrected chi connectivity index (χ0v) is 7.80. The Bertz CT molecular complexity index is 393. The van der Waals surface area contributed by atoms with E-state index < -0.39 is 30.3 Å². The molecule has 82 valence electrons. The fourth-order valence-electron chi connectivity index (χ4n) is 1.15. The summed E-state index contributed by atoms with van der Waals surface area (Å²) in [6.45, 7) is 1.42. The van der Waals surface area contributed by atoms with Crippen LogP contribution in [0.5, 0.6) is 0 Å². The molecular weight excluding hydrogens is 211 g/mol. The number of pyridine rings is 1. The minimum Gasteiger partial charge on any atom is -0.481 e. The van der Waals surface area contributed by atoms with E-state index in [4.69, 9.17) is 5.11 Å². The monoisotopic (exact) mass is 219 g/mol. The molecule has 0 unspecified atom stereocenters. The molecule has 6 heteroatoms. The van der Waals surface area contributed by atoms with Crippen molar-refractivity contribution in [2.24, 2.45) is 0 Å². The maximum absolute atomic E-state index is 13.3. The number of carbonyl (C=O) groups is 1. The average molecular weight is 219 g/mol. The van der Waals surface area contributed by atoms with Crippen molar-refractivity contribution in [2.45, 2.75) is 19.8 Å². The normalized spacial score (nSPS) is 10.7. The molecule has 3 nitrogen and oxygen atoms in total. The molecule has 0 aliphatic rings. The predicted molar refractivity (Wildman–Crippen MR) is 45.2 cm³/mol. The van der Waals surface area contributed by atoms with Crippen LogP contribution in [-0.4, -0.2) is 16.1 Å². The number of halogens is 3. The van der Waals surface area contributed by atoms with Crippen molar-refractivity contribution in [1.82, 2.24) is 4.98 Å². The molecule has 0 amide bonds. The molecule has 0 atom stereocenters. The number of alkyl halides is 2. The van der Waals surface area contributed by atoms with Gasteiger partial charge >= 0.3 is 5.97 Å². The Balaban J connectivity index is 3.23. The molecule has 0 aliphatic heterocycles. The summed E-state index contributed by atoms with van der Waals surface area (Å²) in [6, 6.07) is 0. The number of carboxylic acids is 1. The summed E-state index contributed by atoms with van der Waals surface area (Å²) in [5.74, 6) is -2.50. The lowest BCUT2D eigenvalue weighted by atomic mass is 10.1. The number of aryl methyl sites for hydroxylation is 1.